The lowest BCUT2D eigenvalue weighted by Crippen LogP contribution is -1.93. The Labute approximate surface area is 154 Å². The summed E-state index contributed by atoms with van der Waals surface area (Å²) in [7, 11) is 0. The summed E-state index contributed by atoms with van der Waals surface area (Å²) in [5.74, 6) is 0. The molecule has 0 saturated carbocycles. The quantitative estimate of drug-likeness (QED) is 0.228. The Hall–Kier alpha value is -2.47. The predicted octanol–water partition coefficient (Wildman–Crippen LogP) is 4.91. The van der Waals surface area contributed by atoms with Gasteiger partial charge in [-0.25, -0.2) is 0 Å². The largest absolute Gasteiger partial charge is 0.411 e. The summed E-state index contributed by atoms with van der Waals surface area (Å²) in [5.41, 5.74) is 9.53. The lowest BCUT2D eigenvalue weighted by atomic mass is 10.2. The number of benzene rings is 2. The number of hydrogen-bond acceptors (Lipinski definition) is 3. The van der Waals surface area contributed by atoms with Gasteiger partial charge in [0.25, 0.3) is 0 Å². The highest BCUT2D eigenvalue weighted by molar-refractivity contribution is 6.31. The van der Waals surface area contributed by atoms with E-state index >= 15 is 0 Å². The number of oxime groups is 1. The summed E-state index contributed by atoms with van der Waals surface area (Å²) in [4.78, 5) is 6.17. The van der Waals surface area contributed by atoms with Crippen LogP contribution in [0.4, 0.5) is 0 Å². The van der Waals surface area contributed by atoms with Gasteiger partial charge in [0.1, 0.15) is 0 Å². The van der Waals surface area contributed by atoms with Gasteiger partial charge in [-0.15, -0.1) is 0 Å². The number of halogens is 2. The Morgan fingerprint density at radius 3 is 2.20 bits per heavy atom. The second-order valence-electron chi connectivity index (χ2n) is 5.39. The van der Waals surface area contributed by atoms with Gasteiger partial charge in [-0.2, -0.15) is 0 Å². The normalized spacial score (nSPS) is 11.2. The van der Waals surface area contributed by atoms with Gasteiger partial charge >= 0.3 is 0 Å². The molecule has 0 amide bonds. The van der Waals surface area contributed by atoms with Crippen molar-refractivity contribution in [2.45, 2.75) is 6.54 Å². The zero-order valence-corrected chi connectivity index (χ0v) is 14.6. The van der Waals surface area contributed by atoms with Crippen molar-refractivity contribution in [1.29, 1.82) is 0 Å². The molecule has 2 aromatic heterocycles. The van der Waals surface area contributed by atoms with Gasteiger partial charge in [0.2, 0.25) is 0 Å². The molecule has 0 fully saturated rings. The molecule has 4 aromatic rings. The average Bonchev–Trinajstić information content (AvgIpc) is 3.19. The number of nitrogens with one attached hydrogen (secondary N) is 2. The maximum atomic E-state index is 8.39. The van der Waals surface area contributed by atoms with Gasteiger partial charge < -0.3 is 20.9 Å². The third-order valence-electron chi connectivity index (χ3n) is 3.82. The molecular formula is C18H16Cl2N4O. The number of rotatable bonds is 2. The summed E-state index contributed by atoms with van der Waals surface area (Å²) in [5, 5.41) is 14.8. The van der Waals surface area contributed by atoms with Crippen LogP contribution in [0, 0.1) is 0 Å². The fourth-order valence-electron chi connectivity index (χ4n) is 2.60. The summed E-state index contributed by atoms with van der Waals surface area (Å²) in [6.07, 6.45) is 5.05. The number of nitrogens with two attached hydrogens (primary N) is 1. The van der Waals surface area contributed by atoms with Crippen molar-refractivity contribution in [2.75, 3.05) is 0 Å². The summed E-state index contributed by atoms with van der Waals surface area (Å²) in [6.45, 7) is 0.542. The second kappa shape index (κ2) is 7.61. The zero-order valence-electron chi connectivity index (χ0n) is 13.1. The fraction of sp³-hybridized carbons (Fsp3) is 0.0556. The van der Waals surface area contributed by atoms with Crippen LogP contribution >= 0.6 is 23.2 Å². The highest BCUT2D eigenvalue weighted by Crippen LogP contribution is 2.22. The standard InChI is InChI=1S/C9H7ClN2O.C9H9ClN2/c10-7-1-2-9-8(3-7)6(4-11-9)5-12-13;10-7-1-2-9-8(3-7)6(4-11)5-12-9/h1-5,11,13H;1-3,5,12H,4,11H2/b12-5+;. The van der Waals surface area contributed by atoms with Crippen molar-refractivity contribution in [3.63, 3.8) is 0 Å². The fourth-order valence-corrected chi connectivity index (χ4v) is 2.95. The molecule has 5 nitrogen and oxygen atoms in total. The van der Waals surface area contributed by atoms with Crippen molar-refractivity contribution in [1.82, 2.24) is 9.97 Å². The van der Waals surface area contributed by atoms with Crippen molar-refractivity contribution in [3.8, 4) is 0 Å². The van der Waals surface area contributed by atoms with E-state index in [0.29, 0.717) is 11.6 Å². The minimum absolute atomic E-state index is 0.542. The number of fused-ring (bicyclic) bond motifs is 2. The zero-order chi connectivity index (χ0) is 17.8. The molecule has 0 atom stereocenters. The molecule has 0 aliphatic carbocycles. The van der Waals surface area contributed by atoms with Crippen LogP contribution in [0.3, 0.4) is 0 Å². The molecule has 2 heterocycles. The smallest absolute Gasteiger partial charge is 0.0755 e. The van der Waals surface area contributed by atoms with Gasteiger partial charge in [-0.1, -0.05) is 28.4 Å². The van der Waals surface area contributed by atoms with Crippen LogP contribution in [0.2, 0.25) is 10.0 Å². The first-order chi connectivity index (χ1) is 12.1. The van der Waals surface area contributed by atoms with E-state index in [1.165, 1.54) is 6.21 Å². The molecule has 5 N–H and O–H groups in total. The number of aromatic amines is 2. The van der Waals surface area contributed by atoms with E-state index in [2.05, 4.69) is 15.1 Å². The van der Waals surface area contributed by atoms with E-state index in [1.807, 2.05) is 36.5 Å². The summed E-state index contributed by atoms with van der Waals surface area (Å²) in [6, 6.07) is 11.3. The first-order valence-electron chi connectivity index (χ1n) is 7.52. The SMILES string of the molecule is NCc1c[nH]c2ccc(Cl)cc12.O/N=C/c1c[nH]c2ccc(Cl)cc12. The highest BCUT2D eigenvalue weighted by atomic mass is 35.5. The van der Waals surface area contributed by atoms with E-state index in [1.54, 1.807) is 12.3 Å². The first kappa shape index (κ1) is 17.4. The van der Waals surface area contributed by atoms with Crippen LogP contribution in [0.15, 0.2) is 53.9 Å². The van der Waals surface area contributed by atoms with Crippen LogP contribution in [0.5, 0.6) is 0 Å². The summed E-state index contributed by atoms with van der Waals surface area (Å²) < 4.78 is 0. The van der Waals surface area contributed by atoms with Gasteiger partial charge in [-0.3, -0.25) is 0 Å². The van der Waals surface area contributed by atoms with Crippen molar-refractivity contribution in [3.05, 3.63) is 70.0 Å². The monoisotopic (exact) mass is 374 g/mol. The predicted molar refractivity (Wildman–Crippen MR) is 104 cm³/mol. The number of H-pyrrole nitrogens is 2. The van der Waals surface area contributed by atoms with Crippen LogP contribution in [-0.2, 0) is 6.54 Å². The van der Waals surface area contributed by atoms with Crippen LogP contribution in [-0.4, -0.2) is 21.4 Å². The van der Waals surface area contributed by atoms with E-state index < -0.39 is 0 Å². The van der Waals surface area contributed by atoms with Crippen molar-refractivity contribution < 1.29 is 5.21 Å². The Bertz CT molecular complexity index is 1040. The number of hydrogen-bond donors (Lipinski definition) is 4. The van der Waals surface area contributed by atoms with Crippen LogP contribution < -0.4 is 5.73 Å². The maximum Gasteiger partial charge on any atom is 0.0755 e. The van der Waals surface area contributed by atoms with Crippen molar-refractivity contribution >= 4 is 51.2 Å². The Morgan fingerprint density at radius 1 is 0.960 bits per heavy atom. The van der Waals surface area contributed by atoms with Crippen LogP contribution in [0.25, 0.3) is 21.8 Å². The molecule has 0 aliphatic rings. The molecule has 0 aliphatic heterocycles. The molecular weight excluding hydrogens is 359 g/mol. The van der Waals surface area contributed by atoms with E-state index in [-0.39, 0.29) is 0 Å². The van der Waals surface area contributed by atoms with E-state index in [0.717, 1.165) is 38.0 Å². The average molecular weight is 375 g/mol. The first-order valence-corrected chi connectivity index (χ1v) is 8.27. The molecule has 2 aromatic carbocycles. The third kappa shape index (κ3) is 3.79. The summed E-state index contributed by atoms with van der Waals surface area (Å²) >= 11 is 11.7. The van der Waals surface area contributed by atoms with Crippen LogP contribution in [0.1, 0.15) is 11.1 Å². The Balaban J connectivity index is 0.000000146. The lowest BCUT2D eigenvalue weighted by molar-refractivity contribution is 0.322. The Kier molecular flexibility index (Phi) is 5.28. The van der Waals surface area contributed by atoms with E-state index in [9.17, 15) is 0 Å². The highest BCUT2D eigenvalue weighted by Gasteiger charge is 2.02. The van der Waals surface area contributed by atoms with E-state index in [4.69, 9.17) is 34.1 Å². The van der Waals surface area contributed by atoms with Gasteiger partial charge in [-0.05, 0) is 42.0 Å². The Morgan fingerprint density at radius 2 is 1.56 bits per heavy atom. The van der Waals surface area contributed by atoms with Crippen molar-refractivity contribution in [2.24, 2.45) is 10.9 Å². The minimum atomic E-state index is 0.542. The third-order valence-corrected chi connectivity index (χ3v) is 4.29. The molecule has 0 spiro atoms. The molecule has 7 heteroatoms. The number of aromatic nitrogens is 2. The minimum Gasteiger partial charge on any atom is -0.411 e. The molecule has 4 rings (SSSR count). The molecule has 0 saturated heterocycles. The molecule has 25 heavy (non-hydrogen) atoms. The maximum absolute atomic E-state index is 8.39. The number of nitrogens with zero attached hydrogens (tertiary/aromatic N) is 1. The van der Waals surface area contributed by atoms with Gasteiger partial charge in [0.05, 0.1) is 6.21 Å². The molecule has 0 bridgehead atoms. The second-order valence-corrected chi connectivity index (χ2v) is 6.26. The lowest BCUT2D eigenvalue weighted by Gasteiger charge is -1.93. The van der Waals surface area contributed by atoms with Gasteiger partial charge in [0, 0.05) is 56.4 Å². The molecule has 0 unspecified atom stereocenters. The molecule has 128 valence electrons. The topological polar surface area (TPSA) is 90.2 Å². The van der Waals surface area contributed by atoms with Gasteiger partial charge in [0.15, 0.2) is 0 Å². The molecule has 0 radical (unpaired) electrons.